The van der Waals surface area contributed by atoms with Crippen LogP contribution in [0.3, 0.4) is 0 Å². The Kier molecular flexibility index (Phi) is 3.47. The van der Waals surface area contributed by atoms with Crippen molar-refractivity contribution in [2.24, 2.45) is 5.73 Å². The van der Waals surface area contributed by atoms with Gasteiger partial charge in [0.1, 0.15) is 0 Å². The standard InChI is InChI=1S/C16H18N2/c1-11-7-9-14(10-8-11)16(17)13(3)15-6-4-5-12(2)18-15/h4-10H,17H2,1-3H3/b16-13+. The number of hydrogen-bond acceptors (Lipinski definition) is 2. The molecular formula is C16H18N2. The minimum atomic E-state index is 0.785. The largest absolute Gasteiger partial charge is 0.398 e. The maximum absolute atomic E-state index is 6.21. The highest BCUT2D eigenvalue weighted by atomic mass is 14.7. The molecule has 0 fully saturated rings. The summed E-state index contributed by atoms with van der Waals surface area (Å²) in [6, 6.07) is 14.2. The van der Waals surface area contributed by atoms with Crippen LogP contribution in [0.2, 0.25) is 0 Å². The molecule has 0 saturated heterocycles. The number of nitrogens with zero attached hydrogens (tertiary/aromatic N) is 1. The summed E-state index contributed by atoms with van der Waals surface area (Å²) in [7, 11) is 0. The van der Waals surface area contributed by atoms with Crippen LogP contribution in [0.1, 0.15) is 29.4 Å². The Morgan fingerprint density at radius 2 is 1.67 bits per heavy atom. The summed E-state index contributed by atoms with van der Waals surface area (Å²) in [5.74, 6) is 0. The molecule has 2 nitrogen and oxygen atoms in total. The van der Waals surface area contributed by atoms with Gasteiger partial charge in [-0.1, -0.05) is 35.9 Å². The number of hydrogen-bond donors (Lipinski definition) is 1. The maximum atomic E-state index is 6.21. The highest BCUT2D eigenvalue weighted by Gasteiger charge is 2.05. The lowest BCUT2D eigenvalue weighted by molar-refractivity contribution is 1.16. The Morgan fingerprint density at radius 1 is 1.00 bits per heavy atom. The lowest BCUT2D eigenvalue weighted by Crippen LogP contribution is -2.01. The van der Waals surface area contributed by atoms with E-state index in [1.54, 1.807) is 0 Å². The fraction of sp³-hybridized carbons (Fsp3) is 0.188. The van der Waals surface area contributed by atoms with Crippen LogP contribution in [0.25, 0.3) is 11.3 Å². The topological polar surface area (TPSA) is 38.9 Å². The van der Waals surface area contributed by atoms with Crippen molar-refractivity contribution in [3.8, 4) is 0 Å². The summed E-state index contributed by atoms with van der Waals surface area (Å²) < 4.78 is 0. The van der Waals surface area contributed by atoms with Crippen LogP contribution in [0, 0.1) is 13.8 Å². The molecular weight excluding hydrogens is 220 g/mol. The lowest BCUT2D eigenvalue weighted by atomic mass is 10.0. The molecule has 0 amide bonds. The van der Waals surface area contributed by atoms with Gasteiger partial charge in [-0.15, -0.1) is 0 Å². The van der Waals surface area contributed by atoms with E-state index in [4.69, 9.17) is 5.73 Å². The van der Waals surface area contributed by atoms with Crippen molar-refractivity contribution in [2.45, 2.75) is 20.8 Å². The predicted octanol–water partition coefficient (Wildman–Crippen LogP) is 3.55. The lowest BCUT2D eigenvalue weighted by Gasteiger charge is -2.08. The monoisotopic (exact) mass is 238 g/mol. The molecule has 2 rings (SSSR count). The number of benzene rings is 1. The van der Waals surface area contributed by atoms with Crippen LogP contribution in [-0.4, -0.2) is 4.98 Å². The molecule has 1 aromatic carbocycles. The van der Waals surface area contributed by atoms with Crippen molar-refractivity contribution in [3.63, 3.8) is 0 Å². The van der Waals surface area contributed by atoms with E-state index in [1.165, 1.54) is 5.56 Å². The van der Waals surface area contributed by atoms with E-state index >= 15 is 0 Å². The van der Waals surface area contributed by atoms with Crippen LogP contribution < -0.4 is 5.73 Å². The molecule has 1 heterocycles. The first-order valence-electron chi connectivity index (χ1n) is 6.05. The molecule has 0 aliphatic heterocycles. The van der Waals surface area contributed by atoms with Gasteiger partial charge in [0, 0.05) is 11.4 Å². The Bertz CT molecular complexity index is 580. The average Bonchev–Trinajstić information content (AvgIpc) is 2.38. The Balaban J connectivity index is 2.44. The SMILES string of the molecule is C/C(=C(\N)c1ccc(C)cc1)c1cccc(C)n1. The highest BCUT2D eigenvalue weighted by Crippen LogP contribution is 2.21. The fourth-order valence-corrected chi connectivity index (χ4v) is 1.84. The molecule has 0 radical (unpaired) electrons. The summed E-state index contributed by atoms with van der Waals surface area (Å²) >= 11 is 0. The normalized spacial score (nSPS) is 12.2. The number of pyridine rings is 1. The number of allylic oxidation sites excluding steroid dienone is 1. The summed E-state index contributed by atoms with van der Waals surface area (Å²) in [4.78, 5) is 4.50. The van der Waals surface area contributed by atoms with E-state index in [-0.39, 0.29) is 0 Å². The first-order valence-corrected chi connectivity index (χ1v) is 6.05. The Morgan fingerprint density at radius 3 is 2.28 bits per heavy atom. The molecule has 0 atom stereocenters. The maximum Gasteiger partial charge on any atom is 0.0682 e. The summed E-state index contributed by atoms with van der Waals surface area (Å²) in [5, 5.41) is 0. The van der Waals surface area contributed by atoms with Crippen molar-refractivity contribution in [2.75, 3.05) is 0 Å². The third-order valence-corrected chi connectivity index (χ3v) is 3.04. The second kappa shape index (κ2) is 5.05. The molecule has 92 valence electrons. The number of aryl methyl sites for hydroxylation is 2. The van der Waals surface area contributed by atoms with E-state index in [9.17, 15) is 0 Å². The molecule has 18 heavy (non-hydrogen) atoms. The summed E-state index contributed by atoms with van der Waals surface area (Å²) in [5.41, 5.74) is 12.2. The Hall–Kier alpha value is -2.09. The molecule has 0 saturated carbocycles. The van der Waals surface area contributed by atoms with Gasteiger partial charge in [-0.2, -0.15) is 0 Å². The van der Waals surface area contributed by atoms with Crippen LogP contribution in [0.5, 0.6) is 0 Å². The van der Waals surface area contributed by atoms with Gasteiger partial charge in [0.25, 0.3) is 0 Å². The smallest absolute Gasteiger partial charge is 0.0682 e. The zero-order valence-electron chi connectivity index (χ0n) is 11.1. The second-order valence-corrected chi connectivity index (χ2v) is 4.57. The fourth-order valence-electron chi connectivity index (χ4n) is 1.84. The highest BCUT2D eigenvalue weighted by molar-refractivity contribution is 5.87. The van der Waals surface area contributed by atoms with E-state index in [2.05, 4.69) is 24.0 Å². The molecule has 2 N–H and O–H groups in total. The zero-order chi connectivity index (χ0) is 13.1. The quantitative estimate of drug-likeness (QED) is 0.869. The van der Waals surface area contributed by atoms with Gasteiger partial charge < -0.3 is 5.73 Å². The third kappa shape index (κ3) is 2.59. The van der Waals surface area contributed by atoms with Gasteiger partial charge in [0.05, 0.1) is 5.69 Å². The van der Waals surface area contributed by atoms with Crippen LogP contribution >= 0.6 is 0 Å². The van der Waals surface area contributed by atoms with Gasteiger partial charge in [-0.05, 0) is 44.0 Å². The van der Waals surface area contributed by atoms with Gasteiger partial charge in [-0.25, -0.2) is 0 Å². The molecule has 0 bridgehead atoms. The number of nitrogens with two attached hydrogens (primary N) is 1. The van der Waals surface area contributed by atoms with Gasteiger partial charge in [0.2, 0.25) is 0 Å². The van der Waals surface area contributed by atoms with E-state index in [0.717, 1.165) is 28.2 Å². The molecule has 0 spiro atoms. The van der Waals surface area contributed by atoms with Crippen molar-refractivity contribution in [1.82, 2.24) is 4.98 Å². The minimum absolute atomic E-state index is 0.785. The van der Waals surface area contributed by atoms with Crippen molar-refractivity contribution < 1.29 is 0 Å². The molecule has 0 aliphatic carbocycles. The molecule has 2 heteroatoms. The predicted molar refractivity (Wildman–Crippen MR) is 76.8 cm³/mol. The van der Waals surface area contributed by atoms with E-state index < -0.39 is 0 Å². The molecule has 0 unspecified atom stereocenters. The van der Waals surface area contributed by atoms with Crippen molar-refractivity contribution in [1.29, 1.82) is 0 Å². The van der Waals surface area contributed by atoms with E-state index in [0.29, 0.717) is 0 Å². The first kappa shape index (κ1) is 12.4. The van der Waals surface area contributed by atoms with Crippen molar-refractivity contribution >= 4 is 11.3 Å². The third-order valence-electron chi connectivity index (χ3n) is 3.04. The van der Waals surface area contributed by atoms with E-state index in [1.807, 2.05) is 44.2 Å². The van der Waals surface area contributed by atoms with Crippen LogP contribution in [-0.2, 0) is 0 Å². The van der Waals surface area contributed by atoms with Gasteiger partial charge in [-0.3, -0.25) is 4.98 Å². The Labute approximate surface area is 108 Å². The minimum Gasteiger partial charge on any atom is -0.398 e. The molecule has 0 aliphatic rings. The molecule has 2 aromatic rings. The summed E-state index contributed by atoms with van der Waals surface area (Å²) in [6.45, 7) is 6.06. The number of rotatable bonds is 2. The summed E-state index contributed by atoms with van der Waals surface area (Å²) in [6.07, 6.45) is 0. The van der Waals surface area contributed by atoms with Crippen LogP contribution in [0.4, 0.5) is 0 Å². The molecule has 1 aromatic heterocycles. The first-order chi connectivity index (χ1) is 8.58. The van der Waals surface area contributed by atoms with Gasteiger partial charge in [0.15, 0.2) is 0 Å². The van der Waals surface area contributed by atoms with Crippen molar-refractivity contribution in [3.05, 3.63) is 65.0 Å². The van der Waals surface area contributed by atoms with Gasteiger partial charge >= 0.3 is 0 Å². The zero-order valence-corrected chi connectivity index (χ0v) is 11.1. The number of aromatic nitrogens is 1. The average molecular weight is 238 g/mol. The second-order valence-electron chi connectivity index (χ2n) is 4.57. The van der Waals surface area contributed by atoms with Crippen LogP contribution in [0.15, 0.2) is 42.5 Å².